The molecule has 62 valence electrons. The van der Waals surface area contributed by atoms with Crippen LogP contribution in [0.5, 0.6) is 0 Å². The smallest absolute Gasteiger partial charge is 0.207 e. The van der Waals surface area contributed by atoms with Crippen molar-refractivity contribution in [3.05, 3.63) is 0 Å². The van der Waals surface area contributed by atoms with E-state index >= 15 is 0 Å². The van der Waals surface area contributed by atoms with Gasteiger partial charge in [0.25, 0.3) is 0 Å². The number of hydrogen-bond acceptors (Lipinski definition) is 2. The molecule has 0 aromatic carbocycles. The Bertz CT molecular complexity index is 245. The van der Waals surface area contributed by atoms with Crippen LogP contribution < -0.4 is 0 Å². The molecule has 2 nitrogen and oxygen atoms in total. The first kappa shape index (κ1) is 8.77. The van der Waals surface area contributed by atoms with Gasteiger partial charge in [0.05, 0.1) is 6.16 Å². The second-order valence-electron chi connectivity index (χ2n) is 2.74. The summed E-state index contributed by atoms with van der Waals surface area (Å²) in [5, 5.41) is 0. The summed E-state index contributed by atoms with van der Waals surface area (Å²) in [6.45, 7) is 0. The van der Waals surface area contributed by atoms with Crippen LogP contribution in [0.2, 0.25) is 0 Å². The van der Waals surface area contributed by atoms with Gasteiger partial charge in [-0.15, -0.1) is 6.42 Å². The highest BCUT2D eigenvalue weighted by Crippen LogP contribution is 2.56. The first-order valence-corrected chi connectivity index (χ1v) is 5.34. The summed E-state index contributed by atoms with van der Waals surface area (Å²) in [7, 11) is -1.37. The molecule has 2 atom stereocenters. The van der Waals surface area contributed by atoms with Crippen molar-refractivity contribution >= 4 is 7.37 Å². The maximum Gasteiger partial charge on any atom is 0.207 e. The minimum Gasteiger partial charge on any atom is -0.332 e. The molecule has 0 N–H and O–H groups in total. The highest BCUT2D eigenvalue weighted by molar-refractivity contribution is 7.59. The Kier molecular flexibility index (Phi) is 2.09. The topological polar surface area (TPSA) is 26.3 Å². The molecule has 0 saturated carbocycles. The van der Waals surface area contributed by atoms with Crippen LogP contribution in [0.3, 0.4) is 0 Å². The van der Waals surface area contributed by atoms with Crippen molar-refractivity contribution in [3.8, 4) is 12.3 Å². The Morgan fingerprint density at radius 3 is 2.73 bits per heavy atom. The Morgan fingerprint density at radius 1 is 1.82 bits per heavy atom. The van der Waals surface area contributed by atoms with Crippen LogP contribution in [-0.2, 0) is 9.09 Å². The van der Waals surface area contributed by atoms with Crippen LogP contribution in [0.1, 0.15) is 6.42 Å². The Hall–Kier alpha value is -0.320. The molecular formula is C7H10FO2P. The van der Waals surface area contributed by atoms with E-state index in [0.717, 1.165) is 0 Å². The van der Waals surface area contributed by atoms with E-state index in [0.29, 0.717) is 0 Å². The zero-order valence-corrected chi connectivity index (χ0v) is 7.23. The lowest BCUT2D eigenvalue weighted by Crippen LogP contribution is -2.18. The van der Waals surface area contributed by atoms with Gasteiger partial charge in [0.15, 0.2) is 5.67 Å². The molecule has 1 fully saturated rings. The molecule has 1 saturated heterocycles. The average Bonchev–Trinajstić information content (AvgIpc) is 2.30. The Morgan fingerprint density at radius 2 is 2.45 bits per heavy atom. The average molecular weight is 176 g/mol. The second-order valence-corrected chi connectivity index (χ2v) is 5.50. The third-order valence-electron chi connectivity index (χ3n) is 1.93. The lowest BCUT2D eigenvalue weighted by molar-refractivity contribution is 0.278. The van der Waals surface area contributed by atoms with Gasteiger partial charge in [0.2, 0.25) is 7.37 Å². The van der Waals surface area contributed by atoms with Crippen LogP contribution in [0.15, 0.2) is 0 Å². The van der Waals surface area contributed by atoms with Gasteiger partial charge < -0.3 is 4.52 Å². The summed E-state index contributed by atoms with van der Waals surface area (Å²) in [5.74, 6) is 2.01. The minimum absolute atomic E-state index is 0.118. The summed E-state index contributed by atoms with van der Waals surface area (Å²) in [6, 6.07) is 0. The molecule has 1 aliphatic rings. The molecule has 1 rings (SSSR count). The van der Waals surface area contributed by atoms with Gasteiger partial charge in [-0.25, -0.2) is 4.39 Å². The van der Waals surface area contributed by atoms with Crippen molar-refractivity contribution in [2.24, 2.45) is 0 Å². The molecule has 0 aromatic rings. The van der Waals surface area contributed by atoms with Gasteiger partial charge in [-0.3, -0.25) is 4.57 Å². The number of rotatable bonds is 1. The molecule has 4 heteroatoms. The predicted octanol–water partition coefficient (Wildman–Crippen LogP) is 1.66. The van der Waals surface area contributed by atoms with Crippen LogP contribution >= 0.6 is 7.37 Å². The molecule has 0 amide bonds. The first-order chi connectivity index (χ1) is 5.04. The normalized spacial score (nSPS) is 43.7. The van der Waals surface area contributed by atoms with Gasteiger partial charge in [-0.2, -0.15) is 0 Å². The van der Waals surface area contributed by atoms with Crippen molar-refractivity contribution in [2.45, 2.75) is 12.1 Å². The largest absolute Gasteiger partial charge is 0.332 e. The number of terminal acetylenes is 1. The highest BCUT2D eigenvalue weighted by atomic mass is 31.2. The van der Waals surface area contributed by atoms with Crippen molar-refractivity contribution in [1.82, 2.24) is 0 Å². The number of hydrogen-bond donors (Lipinski definition) is 0. The zero-order valence-electron chi connectivity index (χ0n) is 6.34. The molecular weight excluding hydrogens is 166 g/mol. The molecule has 1 aliphatic heterocycles. The monoisotopic (exact) mass is 176 g/mol. The van der Waals surface area contributed by atoms with Crippen molar-refractivity contribution in [2.75, 3.05) is 19.4 Å². The standard InChI is InChI=1S/C7H10FO2P/c1-3-7(8)4-5-11(9,6-7)10-2/h1H,4-6H2,2H3. The molecule has 2 unspecified atom stereocenters. The highest BCUT2D eigenvalue weighted by Gasteiger charge is 2.45. The lowest BCUT2D eigenvalue weighted by Gasteiger charge is -2.10. The molecule has 1 heterocycles. The van der Waals surface area contributed by atoms with E-state index < -0.39 is 13.0 Å². The molecule has 0 aromatic heterocycles. The van der Waals surface area contributed by atoms with E-state index in [2.05, 4.69) is 0 Å². The van der Waals surface area contributed by atoms with E-state index in [1.165, 1.54) is 7.11 Å². The van der Waals surface area contributed by atoms with Crippen LogP contribution in [0.4, 0.5) is 4.39 Å². The van der Waals surface area contributed by atoms with Crippen LogP contribution in [0.25, 0.3) is 0 Å². The van der Waals surface area contributed by atoms with Gasteiger partial charge in [-0.05, 0) is 0 Å². The van der Waals surface area contributed by atoms with Gasteiger partial charge >= 0.3 is 0 Å². The van der Waals surface area contributed by atoms with Crippen molar-refractivity contribution in [3.63, 3.8) is 0 Å². The van der Waals surface area contributed by atoms with Gasteiger partial charge in [0.1, 0.15) is 0 Å². The summed E-state index contributed by atoms with van der Waals surface area (Å²) in [4.78, 5) is 0. The Labute approximate surface area is 65.6 Å². The fourth-order valence-corrected chi connectivity index (χ4v) is 3.34. The van der Waals surface area contributed by atoms with Crippen LogP contribution in [0, 0.1) is 12.3 Å². The minimum atomic E-state index is -2.71. The third kappa shape index (κ3) is 1.64. The SMILES string of the molecule is C#CC1(F)CCP(=O)(OC)C1. The van der Waals surface area contributed by atoms with Gasteiger partial charge in [0, 0.05) is 19.7 Å². The van der Waals surface area contributed by atoms with E-state index in [4.69, 9.17) is 10.9 Å². The molecule has 11 heavy (non-hydrogen) atoms. The molecule has 0 spiro atoms. The number of halogens is 1. The molecule has 0 radical (unpaired) electrons. The fourth-order valence-electron chi connectivity index (χ4n) is 1.16. The Balaban J connectivity index is 2.76. The van der Waals surface area contributed by atoms with E-state index in [9.17, 15) is 8.96 Å². The van der Waals surface area contributed by atoms with E-state index in [1.807, 2.05) is 5.92 Å². The summed E-state index contributed by atoms with van der Waals surface area (Å²) < 4.78 is 29.4. The summed E-state index contributed by atoms with van der Waals surface area (Å²) in [6.07, 6.45) is 5.25. The van der Waals surface area contributed by atoms with Crippen LogP contribution in [-0.4, -0.2) is 25.1 Å². The lowest BCUT2D eigenvalue weighted by atomic mass is 10.1. The first-order valence-electron chi connectivity index (χ1n) is 3.34. The van der Waals surface area contributed by atoms with Gasteiger partial charge in [-0.1, -0.05) is 5.92 Å². The third-order valence-corrected chi connectivity index (χ3v) is 4.49. The van der Waals surface area contributed by atoms with E-state index in [1.54, 1.807) is 0 Å². The molecule has 0 bridgehead atoms. The fraction of sp³-hybridized carbons (Fsp3) is 0.714. The maximum absolute atomic E-state index is 13.2. The maximum atomic E-state index is 13.2. The van der Waals surface area contributed by atoms with E-state index in [-0.39, 0.29) is 18.7 Å². The summed E-state index contributed by atoms with van der Waals surface area (Å²) >= 11 is 0. The molecule has 0 aliphatic carbocycles. The van der Waals surface area contributed by atoms with Crippen molar-refractivity contribution < 1.29 is 13.5 Å². The predicted molar refractivity (Wildman–Crippen MR) is 41.6 cm³/mol. The number of alkyl halides is 1. The zero-order chi connectivity index (χ0) is 8.54. The second kappa shape index (κ2) is 2.62. The quantitative estimate of drug-likeness (QED) is 0.448. The summed E-state index contributed by atoms with van der Waals surface area (Å²) in [5.41, 5.74) is -1.69. The van der Waals surface area contributed by atoms with Crippen molar-refractivity contribution in [1.29, 1.82) is 0 Å².